The van der Waals surface area contributed by atoms with Crippen molar-refractivity contribution >= 4 is 39.0 Å². The van der Waals surface area contributed by atoms with Gasteiger partial charge in [-0.2, -0.15) is 0 Å². The molecule has 1 saturated heterocycles. The number of hydrogen-bond donors (Lipinski definition) is 1. The van der Waals surface area contributed by atoms with Crippen LogP contribution < -0.4 is 10.2 Å². The van der Waals surface area contributed by atoms with Crippen molar-refractivity contribution in [3.63, 3.8) is 0 Å². The lowest BCUT2D eigenvalue weighted by atomic mass is 10.1. The molecule has 0 saturated carbocycles. The normalized spacial score (nSPS) is 15.1. The van der Waals surface area contributed by atoms with Crippen molar-refractivity contribution in [1.29, 1.82) is 0 Å². The molecule has 1 aliphatic rings. The minimum Gasteiger partial charge on any atom is -0.353 e. The first kappa shape index (κ1) is 19.7. The zero-order valence-corrected chi connectivity index (χ0v) is 17.4. The van der Waals surface area contributed by atoms with Gasteiger partial charge in [0.1, 0.15) is 22.8 Å². The summed E-state index contributed by atoms with van der Waals surface area (Å²) in [6.07, 6.45) is 2.74. The van der Waals surface area contributed by atoms with E-state index in [1.54, 1.807) is 18.5 Å². The van der Waals surface area contributed by atoms with Gasteiger partial charge in [-0.3, -0.25) is 9.69 Å². The topological polar surface area (TPSA) is 61.4 Å². The van der Waals surface area contributed by atoms with Crippen LogP contribution in [0.5, 0.6) is 0 Å². The Morgan fingerprint density at radius 2 is 1.90 bits per heavy atom. The summed E-state index contributed by atoms with van der Waals surface area (Å²) in [4.78, 5) is 28.0. The Balaban J connectivity index is 1.60. The van der Waals surface area contributed by atoms with E-state index in [4.69, 9.17) is 0 Å². The van der Waals surface area contributed by atoms with Crippen molar-refractivity contribution in [3.8, 4) is 0 Å². The summed E-state index contributed by atoms with van der Waals surface area (Å²) in [5.41, 5.74) is 1.45. The van der Waals surface area contributed by atoms with Gasteiger partial charge in [0.05, 0.1) is 10.3 Å². The molecule has 0 aliphatic carbocycles. The Labute approximate surface area is 173 Å². The number of hydrogen-bond acceptors (Lipinski definition) is 6. The smallest absolute Gasteiger partial charge is 0.266 e. The molecule has 0 radical (unpaired) electrons. The molecule has 6 nitrogen and oxygen atoms in total. The van der Waals surface area contributed by atoms with Crippen molar-refractivity contribution in [3.05, 3.63) is 46.9 Å². The highest BCUT2D eigenvalue weighted by molar-refractivity contribution is 7.20. The van der Waals surface area contributed by atoms with E-state index in [9.17, 15) is 9.18 Å². The maximum atomic E-state index is 13.1. The Hall–Kier alpha value is -2.58. The van der Waals surface area contributed by atoms with E-state index >= 15 is 0 Å². The summed E-state index contributed by atoms with van der Waals surface area (Å²) in [6.45, 7) is 9.13. The number of aryl methyl sites for hydroxylation is 1. The Morgan fingerprint density at radius 3 is 2.59 bits per heavy atom. The minimum atomic E-state index is -0.333. The number of fused-ring (bicyclic) bond motifs is 1. The van der Waals surface area contributed by atoms with Crippen molar-refractivity contribution in [2.75, 3.05) is 42.9 Å². The predicted molar refractivity (Wildman–Crippen MR) is 115 cm³/mol. The fourth-order valence-corrected chi connectivity index (χ4v) is 4.77. The summed E-state index contributed by atoms with van der Waals surface area (Å²) < 4.78 is 13.1. The van der Waals surface area contributed by atoms with Gasteiger partial charge >= 0.3 is 0 Å². The average molecular weight is 414 g/mol. The lowest BCUT2D eigenvalue weighted by Gasteiger charge is -2.35. The Bertz CT molecular complexity index is 1010. The van der Waals surface area contributed by atoms with Crippen LogP contribution in [0, 0.1) is 12.7 Å². The zero-order chi connectivity index (χ0) is 20.4. The van der Waals surface area contributed by atoms with Crippen molar-refractivity contribution < 1.29 is 9.18 Å². The SMILES string of the molecule is CCCN1CCN(c2ncnc3sc(C(=O)Nc4ccc(F)cc4)c(C)c23)CC1. The summed E-state index contributed by atoms with van der Waals surface area (Å²) in [7, 11) is 0. The van der Waals surface area contributed by atoms with Gasteiger partial charge in [-0.15, -0.1) is 11.3 Å². The molecule has 3 heterocycles. The quantitative estimate of drug-likeness (QED) is 0.687. The van der Waals surface area contributed by atoms with Crippen LogP contribution in [0.2, 0.25) is 0 Å². The molecule has 1 fully saturated rings. The number of benzene rings is 1. The van der Waals surface area contributed by atoms with Gasteiger partial charge in [0.2, 0.25) is 0 Å². The second-order valence-electron chi connectivity index (χ2n) is 7.22. The molecular formula is C21H24FN5OS. The number of piperazine rings is 1. The van der Waals surface area contributed by atoms with E-state index in [0.29, 0.717) is 10.6 Å². The van der Waals surface area contributed by atoms with E-state index in [-0.39, 0.29) is 11.7 Å². The van der Waals surface area contributed by atoms with Crippen LogP contribution >= 0.6 is 11.3 Å². The van der Waals surface area contributed by atoms with E-state index in [1.165, 1.54) is 23.5 Å². The highest BCUT2D eigenvalue weighted by Gasteiger charge is 2.24. The third kappa shape index (κ3) is 4.09. The lowest BCUT2D eigenvalue weighted by molar-refractivity contribution is 0.103. The van der Waals surface area contributed by atoms with Gasteiger partial charge in [-0.05, 0) is 49.7 Å². The number of thiophene rings is 1. The molecule has 8 heteroatoms. The first-order valence-corrected chi connectivity index (χ1v) is 10.7. The summed E-state index contributed by atoms with van der Waals surface area (Å²) in [5.74, 6) is 0.358. The molecule has 1 amide bonds. The molecule has 1 N–H and O–H groups in total. The minimum absolute atomic E-state index is 0.212. The molecule has 3 aromatic rings. The largest absolute Gasteiger partial charge is 0.353 e. The molecule has 29 heavy (non-hydrogen) atoms. The Morgan fingerprint density at radius 1 is 1.17 bits per heavy atom. The van der Waals surface area contributed by atoms with Gasteiger partial charge in [-0.25, -0.2) is 14.4 Å². The summed E-state index contributed by atoms with van der Waals surface area (Å²) >= 11 is 1.37. The highest BCUT2D eigenvalue weighted by Crippen LogP contribution is 2.35. The number of nitrogens with one attached hydrogen (secondary N) is 1. The summed E-state index contributed by atoms with van der Waals surface area (Å²) in [6, 6.07) is 5.76. The number of nitrogens with zero attached hydrogens (tertiary/aromatic N) is 4. The predicted octanol–water partition coefficient (Wildman–Crippen LogP) is 3.92. The van der Waals surface area contributed by atoms with E-state index < -0.39 is 0 Å². The van der Waals surface area contributed by atoms with Gasteiger partial charge < -0.3 is 10.2 Å². The van der Waals surface area contributed by atoms with Crippen LogP contribution in [-0.4, -0.2) is 53.5 Å². The van der Waals surface area contributed by atoms with E-state index in [1.807, 2.05) is 6.92 Å². The molecule has 152 valence electrons. The molecule has 2 aromatic heterocycles. The monoisotopic (exact) mass is 413 g/mol. The van der Waals surface area contributed by atoms with Gasteiger partial charge in [0.15, 0.2) is 0 Å². The van der Waals surface area contributed by atoms with Crippen molar-refractivity contribution in [2.45, 2.75) is 20.3 Å². The summed E-state index contributed by atoms with van der Waals surface area (Å²) in [5, 5.41) is 3.79. The second kappa shape index (κ2) is 8.42. The average Bonchev–Trinajstić information content (AvgIpc) is 3.08. The van der Waals surface area contributed by atoms with Crippen molar-refractivity contribution in [2.24, 2.45) is 0 Å². The molecule has 0 unspecified atom stereocenters. The highest BCUT2D eigenvalue weighted by atomic mass is 32.1. The molecule has 4 rings (SSSR count). The van der Waals surface area contributed by atoms with Crippen LogP contribution in [0.1, 0.15) is 28.6 Å². The Kier molecular flexibility index (Phi) is 5.73. The molecule has 0 bridgehead atoms. The first-order chi connectivity index (χ1) is 14.1. The fourth-order valence-electron chi connectivity index (χ4n) is 3.73. The van der Waals surface area contributed by atoms with Gasteiger partial charge in [0, 0.05) is 31.9 Å². The third-order valence-corrected chi connectivity index (χ3v) is 6.43. The molecule has 1 aromatic carbocycles. The maximum Gasteiger partial charge on any atom is 0.266 e. The standard InChI is InChI=1S/C21H24FN5OS/c1-3-8-26-9-11-27(12-10-26)19-17-14(2)18(29-21(17)24-13-23-19)20(28)25-16-6-4-15(22)5-7-16/h4-7,13H,3,8-12H2,1-2H3,(H,25,28). The number of amides is 1. The van der Waals surface area contributed by atoms with E-state index in [0.717, 1.165) is 60.7 Å². The van der Waals surface area contributed by atoms with Crippen LogP contribution in [0.25, 0.3) is 10.2 Å². The van der Waals surface area contributed by atoms with E-state index in [2.05, 4.69) is 32.0 Å². The lowest BCUT2D eigenvalue weighted by Crippen LogP contribution is -2.46. The maximum absolute atomic E-state index is 13.1. The van der Waals surface area contributed by atoms with Gasteiger partial charge in [0.25, 0.3) is 5.91 Å². The number of aromatic nitrogens is 2. The number of anilines is 2. The van der Waals surface area contributed by atoms with Gasteiger partial charge in [-0.1, -0.05) is 6.92 Å². The first-order valence-electron chi connectivity index (χ1n) is 9.85. The van der Waals surface area contributed by atoms with Crippen molar-refractivity contribution in [1.82, 2.24) is 14.9 Å². The molecule has 0 atom stereocenters. The number of rotatable bonds is 5. The molecular weight excluding hydrogens is 389 g/mol. The number of carbonyl (C=O) groups excluding carboxylic acids is 1. The molecule has 0 spiro atoms. The van der Waals surface area contributed by atoms with Crippen LogP contribution in [0.3, 0.4) is 0 Å². The number of halogens is 1. The second-order valence-corrected chi connectivity index (χ2v) is 8.22. The fraction of sp³-hybridized carbons (Fsp3) is 0.381. The van der Waals surface area contributed by atoms with Crippen LogP contribution in [-0.2, 0) is 0 Å². The third-order valence-electron chi connectivity index (χ3n) is 5.23. The number of carbonyl (C=O) groups is 1. The van der Waals surface area contributed by atoms with Crippen LogP contribution in [0.15, 0.2) is 30.6 Å². The molecule has 1 aliphatic heterocycles. The zero-order valence-electron chi connectivity index (χ0n) is 16.6. The van der Waals surface area contributed by atoms with Crippen LogP contribution in [0.4, 0.5) is 15.9 Å².